The quantitative estimate of drug-likeness (QED) is 0.423. The van der Waals surface area contributed by atoms with E-state index < -0.39 is 11.2 Å². The van der Waals surface area contributed by atoms with E-state index in [1.54, 1.807) is 42.3 Å². The van der Waals surface area contributed by atoms with Crippen LogP contribution < -0.4 is 16.0 Å². The number of imidazole rings is 1. The molecule has 0 aliphatic heterocycles. The van der Waals surface area contributed by atoms with Crippen LogP contribution >= 0.6 is 0 Å². The SMILES string of the molecule is C=CCn1c(=O)c2c(ncn2Cc2ccc(C(C)(C)C)cc2)n(-c2cccc(OC)c2)c1=O. The molecule has 4 rings (SSSR count). The summed E-state index contributed by atoms with van der Waals surface area (Å²) in [6.45, 7) is 10.8. The molecular formula is C26H28N4O3. The van der Waals surface area contributed by atoms with Gasteiger partial charge in [0.05, 0.1) is 19.1 Å². The van der Waals surface area contributed by atoms with Crippen molar-refractivity contribution in [2.75, 3.05) is 7.11 Å². The average Bonchev–Trinajstić information content (AvgIpc) is 3.20. The Bertz CT molecular complexity index is 1430. The number of nitrogens with zero attached hydrogens (tertiary/aromatic N) is 4. The molecule has 170 valence electrons. The summed E-state index contributed by atoms with van der Waals surface area (Å²) >= 11 is 0. The molecule has 0 fully saturated rings. The number of hydrogen-bond acceptors (Lipinski definition) is 4. The van der Waals surface area contributed by atoms with Crippen LogP contribution in [0.3, 0.4) is 0 Å². The third kappa shape index (κ3) is 4.14. The maximum atomic E-state index is 13.3. The smallest absolute Gasteiger partial charge is 0.337 e. The van der Waals surface area contributed by atoms with Crippen molar-refractivity contribution in [2.24, 2.45) is 0 Å². The molecule has 2 heterocycles. The first kappa shape index (κ1) is 22.3. The predicted molar refractivity (Wildman–Crippen MR) is 131 cm³/mol. The minimum Gasteiger partial charge on any atom is -0.497 e. The normalized spacial score (nSPS) is 11.6. The van der Waals surface area contributed by atoms with Crippen LogP contribution in [0.5, 0.6) is 5.75 Å². The monoisotopic (exact) mass is 444 g/mol. The highest BCUT2D eigenvalue weighted by Crippen LogP contribution is 2.23. The molecule has 0 saturated carbocycles. The highest BCUT2D eigenvalue weighted by Gasteiger charge is 2.19. The number of aromatic nitrogens is 4. The van der Waals surface area contributed by atoms with Crippen molar-refractivity contribution >= 4 is 11.2 Å². The molecule has 0 unspecified atom stereocenters. The van der Waals surface area contributed by atoms with Gasteiger partial charge in [-0.05, 0) is 28.7 Å². The number of benzene rings is 2. The zero-order valence-electron chi connectivity index (χ0n) is 19.4. The van der Waals surface area contributed by atoms with Gasteiger partial charge in [0.25, 0.3) is 5.56 Å². The molecule has 0 radical (unpaired) electrons. The molecule has 7 nitrogen and oxygen atoms in total. The number of methoxy groups -OCH3 is 1. The summed E-state index contributed by atoms with van der Waals surface area (Å²) in [5.41, 5.74) is 2.72. The van der Waals surface area contributed by atoms with Crippen molar-refractivity contribution in [1.82, 2.24) is 18.7 Å². The maximum Gasteiger partial charge on any atom is 0.337 e. The van der Waals surface area contributed by atoms with E-state index in [1.165, 1.54) is 20.8 Å². The zero-order valence-corrected chi connectivity index (χ0v) is 19.4. The lowest BCUT2D eigenvalue weighted by Crippen LogP contribution is -2.39. The number of ether oxygens (including phenoxy) is 1. The van der Waals surface area contributed by atoms with Crippen LogP contribution in [0.25, 0.3) is 16.9 Å². The second-order valence-corrected chi connectivity index (χ2v) is 9.02. The first-order valence-corrected chi connectivity index (χ1v) is 10.8. The fraction of sp³-hybridized carbons (Fsp3) is 0.269. The van der Waals surface area contributed by atoms with Gasteiger partial charge in [0.1, 0.15) is 5.75 Å². The van der Waals surface area contributed by atoms with E-state index in [9.17, 15) is 9.59 Å². The van der Waals surface area contributed by atoms with Gasteiger partial charge >= 0.3 is 5.69 Å². The van der Waals surface area contributed by atoms with Crippen LogP contribution in [-0.4, -0.2) is 25.8 Å². The Labute approximate surface area is 192 Å². The van der Waals surface area contributed by atoms with E-state index in [1.807, 2.05) is 0 Å². The fourth-order valence-corrected chi connectivity index (χ4v) is 3.88. The van der Waals surface area contributed by atoms with E-state index in [-0.39, 0.29) is 12.0 Å². The van der Waals surface area contributed by atoms with Crippen molar-refractivity contribution < 1.29 is 4.74 Å². The lowest BCUT2D eigenvalue weighted by molar-refractivity contribution is 0.414. The Morgan fingerprint density at radius 1 is 1.09 bits per heavy atom. The first-order chi connectivity index (χ1) is 15.7. The van der Waals surface area contributed by atoms with Crippen LogP contribution in [0.4, 0.5) is 0 Å². The molecule has 0 atom stereocenters. The van der Waals surface area contributed by atoms with Gasteiger partial charge in [-0.2, -0.15) is 0 Å². The van der Waals surface area contributed by atoms with Crippen molar-refractivity contribution in [3.8, 4) is 11.4 Å². The molecular weight excluding hydrogens is 416 g/mol. The Morgan fingerprint density at radius 2 is 1.82 bits per heavy atom. The van der Waals surface area contributed by atoms with Crippen molar-refractivity contribution in [1.29, 1.82) is 0 Å². The summed E-state index contributed by atoms with van der Waals surface area (Å²) in [6.07, 6.45) is 3.15. The second kappa shape index (κ2) is 8.58. The van der Waals surface area contributed by atoms with Gasteiger partial charge in [0.2, 0.25) is 0 Å². The average molecular weight is 445 g/mol. The largest absolute Gasteiger partial charge is 0.497 e. The Morgan fingerprint density at radius 3 is 2.45 bits per heavy atom. The summed E-state index contributed by atoms with van der Waals surface area (Å²) in [4.78, 5) is 31.1. The van der Waals surface area contributed by atoms with Gasteiger partial charge in [-0.1, -0.05) is 57.2 Å². The summed E-state index contributed by atoms with van der Waals surface area (Å²) in [6, 6.07) is 15.5. The molecule has 0 bridgehead atoms. The number of rotatable bonds is 6. The number of allylic oxidation sites excluding steroid dienone is 1. The van der Waals surface area contributed by atoms with Gasteiger partial charge in [-0.25, -0.2) is 14.3 Å². The molecule has 2 aromatic carbocycles. The molecule has 0 N–H and O–H groups in total. The maximum absolute atomic E-state index is 13.3. The lowest BCUT2D eigenvalue weighted by atomic mass is 9.87. The molecule has 7 heteroatoms. The van der Waals surface area contributed by atoms with Gasteiger partial charge in [-0.3, -0.25) is 9.36 Å². The molecule has 0 spiro atoms. The number of hydrogen-bond donors (Lipinski definition) is 0. The molecule has 0 amide bonds. The van der Waals surface area contributed by atoms with Crippen molar-refractivity contribution in [3.63, 3.8) is 0 Å². The fourth-order valence-electron chi connectivity index (χ4n) is 3.88. The molecule has 0 aliphatic carbocycles. The van der Waals surface area contributed by atoms with E-state index >= 15 is 0 Å². The third-order valence-corrected chi connectivity index (χ3v) is 5.70. The van der Waals surface area contributed by atoms with Gasteiger partial charge in [0, 0.05) is 19.2 Å². The highest BCUT2D eigenvalue weighted by molar-refractivity contribution is 5.72. The van der Waals surface area contributed by atoms with Crippen LogP contribution in [0.1, 0.15) is 31.9 Å². The van der Waals surface area contributed by atoms with Gasteiger partial charge in [-0.15, -0.1) is 6.58 Å². The molecule has 2 aromatic heterocycles. The molecule has 0 aliphatic rings. The van der Waals surface area contributed by atoms with Crippen LogP contribution in [0, 0.1) is 0 Å². The van der Waals surface area contributed by atoms with Crippen LogP contribution in [0.2, 0.25) is 0 Å². The van der Waals surface area contributed by atoms with Gasteiger partial charge in [0.15, 0.2) is 11.2 Å². The lowest BCUT2D eigenvalue weighted by Gasteiger charge is -2.19. The summed E-state index contributed by atoms with van der Waals surface area (Å²) in [5.74, 6) is 0.604. The highest BCUT2D eigenvalue weighted by atomic mass is 16.5. The van der Waals surface area contributed by atoms with Gasteiger partial charge < -0.3 is 9.30 Å². The zero-order chi connectivity index (χ0) is 23.8. The standard InChI is InChI=1S/C26H28N4O3/c1-6-14-29-24(31)22-23(30(25(29)32)20-8-7-9-21(15-20)33-5)27-17-28(22)16-18-10-12-19(13-11-18)26(2,3)4/h6-13,15,17H,1,14,16H2,2-5H3. The minimum absolute atomic E-state index is 0.0610. The van der Waals surface area contributed by atoms with E-state index in [0.29, 0.717) is 29.1 Å². The Balaban J connectivity index is 1.90. The second-order valence-electron chi connectivity index (χ2n) is 9.02. The van der Waals surface area contributed by atoms with Crippen LogP contribution in [-0.2, 0) is 18.5 Å². The first-order valence-electron chi connectivity index (χ1n) is 10.8. The molecule has 4 aromatic rings. The third-order valence-electron chi connectivity index (χ3n) is 5.70. The summed E-state index contributed by atoms with van der Waals surface area (Å²) < 4.78 is 9.74. The van der Waals surface area contributed by atoms with Crippen molar-refractivity contribution in [3.05, 3.63) is 99.5 Å². The van der Waals surface area contributed by atoms with E-state index in [0.717, 1.165) is 5.56 Å². The topological polar surface area (TPSA) is 71.1 Å². The van der Waals surface area contributed by atoms with E-state index in [2.05, 4.69) is 56.6 Å². The Hall–Kier alpha value is -3.87. The van der Waals surface area contributed by atoms with Crippen LogP contribution in [0.15, 0.2) is 77.1 Å². The Kier molecular flexibility index (Phi) is 5.80. The summed E-state index contributed by atoms with van der Waals surface area (Å²) in [7, 11) is 1.57. The number of fused-ring (bicyclic) bond motifs is 1. The van der Waals surface area contributed by atoms with Crippen molar-refractivity contribution in [2.45, 2.75) is 39.3 Å². The summed E-state index contributed by atoms with van der Waals surface area (Å²) in [5, 5.41) is 0. The predicted octanol–water partition coefficient (Wildman–Crippen LogP) is 3.89. The minimum atomic E-state index is -0.472. The molecule has 0 saturated heterocycles. The molecule has 33 heavy (non-hydrogen) atoms. The van der Waals surface area contributed by atoms with E-state index in [4.69, 9.17) is 4.74 Å².